The summed E-state index contributed by atoms with van der Waals surface area (Å²) in [6.07, 6.45) is 2.58. The zero-order valence-corrected chi connectivity index (χ0v) is 17.5. The lowest BCUT2D eigenvalue weighted by Crippen LogP contribution is -2.52. The van der Waals surface area contributed by atoms with Crippen LogP contribution in [0, 0.1) is 12.8 Å². The molecule has 9 nitrogen and oxygen atoms in total. The van der Waals surface area contributed by atoms with Gasteiger partial charge in [-0.25, -0.2) is 8.42 Å². The van der Waals surface area contributed by atoms with E-state index in [4.69, 9.17) is 4.74 Å². The number of anilines is 1. The highest BCUT2D eigenvalue weighted by Gasteiger charge is 2.36. The highest BCUT2D eigenvalue weighted by molar-refractivity contribution is 7.89. The number of ether oxygens (including phenoxy) is 1. The number of nitrogens with one attached hydrogen (secondary N) is 2. The first-order valence-electron chi connectivity index (χ1n) is 9.55. The maximum absolute atomic E-state index is 12.8. The summed E-state index contributed by atoms with van der Waals surface area (Å²) in [6, 6.07) is 4.87. The van der Waals surface area contributed by atoms with Crippen molar-refractivity contribution in [3.63, 3.8) is 0 Å². The number of hydrogen-bond donors (Lipinski definition) is 2. The largest absolute Gasteiger partial charge is 0.497 e. The fourth-order valence-electron chi connectivity index (χ4n) is 3.94. The van der Waals surface area contributed by atoms with Gasteiger partial charge in [-0.15, -0.1) is 0 Å². The van der Waals surface area contributed by atoms with E-state index in [9.17, 15) is 13.2 Å². The number of hydrogen-bond acceptors (Lipinski definition) is 6. The van der Waals surface area contributed by atoms with Crippen molar-refractivity contribution in [1.29, 1.82) is 0 Å². The molecule has 2 aromatic rings. The van der Waals surface area contributed by atoms with Gasteiger partial charge in [-0.1, -0.05) is 0 Å². The lowest BCUT2D eigenvalue weighted by atomic mass is 9.93. The molecule has 0 unspecified atom stereocenters. The van der Waals surface area contributed by atoms with Crippen molar-refractivity contribution < 1.29 is 17.9 Å². The number of fused-ring (bicyclic) bond motifs is 1. The third kappa shape index (κ3) is 3.58. The number of carbonyl (C=O) groups is 1. The molecule has 1 saturated heterocycles. The summed E-state index contributed by atoms with van der Waals surface area (Å²) in [5.41, 5.74) is 1.99. The van der Waals surface area contributed by atoms with Crippen molar-refractivity contribution in [3.8, 4) is 5.75 Å². The summed E-state index contributed by atoms with van der Waals surface area (Å²) in [7, 11) is -0.242. The van der Waals surface area contributed by atoms with Crippen molar-refractivity contribution >= 4 is 21.6 Å². The molecule has 10 heteroatoms. The molecule has 156 valence electrons. The molecule has 1 atom stereocenters. The third-order valence-corrected chi connectivity index (χ3v) is 7.33. The second-order valence-corrected chi connectivity index (χ2v) is 9.18. The molecule has 29 heavy (non-hydrogen) atoms. The molecule has 0 spiro atoms. The summed E-state index contributed by atoms with van der Waals surface area (Å²) in [4.78, 5) is 14.8. The molecule has 4 rings (SSSR count). The molecule has 3 heterocycles. The highest BCUT2D eigenvalue weighted by atomic mass is 32.2. The van der Waals surface area contributed by atoms with Crippen LogP contribution in [0.15, 0.2) is 29.3 Å². The number of aromatic nitrogens is 2. The van der Waals surface area contributed by atoms with Crippen molar-refractivity contribution in [2.24, 2.45) is 13.0 Å². The summed E-state index contributed by atoms with van der Waals surface area (Å²) in [5, 5.41) is 7.44. The van der Waals surface area contributed by atoms with Crippen LogP contribution in [0.2, 0.25) is 0 Å². The molecule has 1 fully saturated rings. The number of sulfonamides is 1. The molecule has 0 bridgehead atoms. The monoisotopic (exact) mass is 419 g/mol. The molecule has 0 aliphatic carbocycles. The number of likely N-dealkylation sites (tertiary alicyclic amines) is 1. The first-order valence-corrected chi connectivity index (χ1v) is 11.0. The maximum atomic E-state index is 12.8. The molecule has 2 N–H and O–H groups in total. The maximum Gasteiger partial charge on any atom is 0.257 e. The average Bonchev–Trinajstić information content (AvgIpc) is 3.05. The smallest absolute Gasteiger partial charge is 0.257 e. The number of methoxy groups -OCH3 is 1. The van der Waals surface area contributed by atoms with Gasteiger partial charge < -0.3 is 15.0 Å². The number of rotatable bonds is 3. The Morgan fingerprint density at radius 3 is 2.62 bits per heavy atom. The Bertz CT molecular complexity index is 1040. The van der Waals surface area contributed by atoms with Crippen LogP contribution in [0.5, 0.6) is 5.75 Å². The van der Waals surface area contributed by atoms with Crippen LogP contribution in [0.3, 0.4) is 0 Å². The Morgan fingerprint density at radius 2 is 2.00 bits per heavy atom. The summed E-state index contributed by atoms with van der Waals surface area (Å²) < 4.78 is 35.0. The number of carbonyl (C=O) groups excluding carboxylic acids is 1. The van der Waals surface area contributed by atoms with Crippen molar-refractivity contribution in [3.05, 3.63) is 35.7 Å². The van der Waals surface area contributed by atoms with E-state index in [1.165, 1.54) is 6.07 Å². The predicted octanol–water partition coefficient (Wildman–Crippen LogP) is 1.32. The van der Waals surface area contributed by atoms with Gasteiger partial charge in [0.05, 0.1) is 30.7 Å². The Hall–Kier alpha value is -2.59. The molecular formula is C19H25N5O4S. The normalized spacial score (nSPS) is 21.3. The average molecular weight is 420 g/mol. The topological polar surface area (TPSA) is 106 Å². The SMILES string of the molecule is COc1ccc2c(c1)N[C@H](C1CCN(C(=O)c3cnn(C)c3C)CC1)NS2(=O)=O. The molecule has 2 aliphatic rings. The molecule has 0 radical (unpaired) electrons. The van der Waals surface area contributed by atoms with E-state index in [2.05, 4.69) is 15.1 Å². The summed E-state index contributed by atoms with van der Waals surface area (Å²) in [6.45, 7) is 3.02. The lowest BCUT2D eigenvalue weighted by molar-refractivity contribution is 0.0678. The first-order chi connectivity index (χ1) is 13.8. The minimum atomic E-state index is -3.60. The van der Waals surface area contributed by atoms with Gasteiger partial charge in [-0.2, -0.15) is 9.82 Å². The van der Waals surface area contributed by atoms with Gasteiger partial charge in [0.25, 0.3) is 5.91 Å². The van der Waals surface area contributed by atoms with Gasteiger partial charge in [-0.3, -0.25) is 9.48 Å². The van der Waals surface area contributed by atoms with E-state index < -0.39 is 16.2 Å². The highest BCUT2D eigenvalue weighted by Crippen LogP contribution is 2.33. The Kier molecular flexibility index (Phi) is 4.99. The van der Waals surface area contributed by atoms with Crippen molar-refractivity contribution in [2.45, 2.75) is 30.8 Å². The zero-order chi connectivity index (χ0) is 20.8. The van der Waals surface area contributed by atoms with E-state index in [0.717, 1.165) is 5.69 Å². The Labute approximate surface area is 170 Å². The minimum absolute atomic E-state index is 0.0266. The lowest BCUT2D eigenvalue weighted by Gasteiger charge is -2.39. The number of aryl methyl sites for hydroxylation is 1. The van der Waals surface area contributed by atoms with E-state index in [1.54, 1.807) is 30.1 Å². The van der Waals surface area contributed by atoms with Gasteiger partial charge in [0.2, 0.25) is 10.0 Å². The van der Waals surface area contributed by atoms with Gasteiger partial charge in [0.1, 0.15) is 10.6 Å². The Balaban J connectivity index is 1.46. The molecule has 1 aromatic heterocycles. The van der Waals surface area contributed by atoms with Gasteiger partial charge in [0, 0.05) is 31.9 Å². The number of nitrogens with zero attached hydrogens (tertiary/aromatic N) is 3. The number of benzene rings is 1. The van der Waals surface area contributed by atoms with E-state index in [1.807, 2.05) is 18.9 Å². The molecule has 1 aromatic carbocycles. The molecule has 0 saturated carbocycles. The third-order valence-electron chi connectivity index (χ3n) is 5.83. The van der Waals surface area contributed by atoms with Crippen molar-refractivity contribution in [2.75, 3.05) is 25.5 Å². The van der Waals surface area contributed by atoms with E-state index >= 15 is 0 Å². The quantitative estimate of drug-likeness (QED) is 0.777. The van der Waals surface area contributed by atoms with Crippen LogP contribution >= 0.6 is 0 Å². The molecular weight excluding hydrogens is 394 g/mol. The van der Waals surface area contributed by atoms with Gasteiger partial charge >= 0.3 is 0 Å². The minimum Gasteiger partial charge on any atom is -0.497 e. The van der Waals surface area contributed by atoms with Crippen LogP contribution in [-0.4, -0.2) is 55.4 Å². The van der Waals surface area contributed by atoms with E-state index in [-0.39, 0.29) is 16.7 Å². The second-order valence-electron chi connectivity index (χ2n) is 7.50. The molecule has 1 amide bonds. The van der Waals surface area contributed by atoms with E-state index in [0.29, 0.717) is 42.9 Å². The number of piperidine rings is 1. The number of amides is 1. The predicted molar refractivity (Wildman–Crippen MR) is 107 cm³/mol. The van der Waals surface area contributed by atoms with Gasteiger partial charge in [0.15, 0.2) is 0 Å². The second kappa shape index (κ2) is 7.34. The summed E-state index contributed by atoms with van der Waals surface area (Å²) in [5.74, 6) is 0.642. The van der Waals surface area contributed by atoms with Crippen LogP contribution in [0.25, 0.3) is 0 Å². The fourth-order valence-corrected chi connectivity index (χ4v) is 5.31. The van der Waals surface area contributed by atoms with Crippen LogP contribution < -0.4 is 14.8 Å². The standard InChI is InChI=1S/C19H25N5O4S/c1-12-15(11-20-23(12)2)19(25)24-8-6-13(7-9-24)18-21-16-10-14(28-3)4-5-17(16)29(26,27)22-18/h4-5,10-11,13,18,21-22H,6-9H2,1-3H3/t18-/m0/s1. The van der Waals surface area contributed by atoms with Crippen LogP contribution in [0.1, 0.15) is 28.9 Å². The zero-order valence-electron chi connectivity index (χ0n) is 16.7. The fraction of sp³-hybridized carbons (Fsp3) is 0.474. The van der Waals surface area contributed by atoms with Gasteiger partial charge in [-0.05, 0) is 37.8 Å². The first kappa shape index (κ1) is 19.7. The molecule has 2 aliphatic heterocycles. The van der Waals surface area contributed by atoms with Crippen LogP contribution in [0.4, 0.5) is 5.69 Å². The summed E-state index contributed by atoms with van der Waals surface area (Å²) >= 11 is 0. The Morgan fingerprint density at radius 1 is 1.28 bits per heavy atom. The van der Waals surface area contributed by atoms with Crippen LogP contribution in [-0.2, 0) is 17.1 Å². The van der Waals surface area contributed by atoms with Crippen molar-refractivity contribution in [1.82, 2.24) is 19.4 Å².